The highest BCUT2D eigenvalue weighted by atomic mass is 19.2. The van der Waals surface area contributed by atoms with Crippen LogP contribution in [-0.2, 0) is 0 Å². The van der Waals surface area contributed by atoms with Crippen LogP contribution >= 0.6 is 0 Å². The molecule has 3 atom stereocenters. The quantitative estimate of drug-likeness (QED) is 0.850. The van der Waals surface area contributed by atoms with Crippen molar-refractivity contribution in [3.63, 3.8) is 0 Å². The van der Waals surface area contributed by atoms with E-state index in [0.717, 1.165) is 18.0 Å². The van der Waals surface area contributed by atoms with Crippen molar-refractivity contribution in [3.8, 4) is 0 Å². The number of nitrogens with one attached hydrogen (secondary N) is 1. The lowest BCUT2D eigenvalue weighted by Crippen LogP contribution is -2.31. The second-order valence-electron chi connectivity index (χ2n) is 5.83. The molecule has 1 N–H and O–H groups in total. The molecule has 0 saturated heterocycles. The summed E-state index contributed by atoms with van der Waals surface area (Å²) in [6.07, 6.45) is 5.25. The predicted octanol–water partition coefficient (Wildman–Crippen LogP) is 4.44. The fraction of sp³-hybridized carbons (Fsp3) is 0.625. The summed E-state index contributed by atoms with van der Waals surface area (Å²) < 4.78 is 26.1. The second kappa shape index (κ2) is 6.47. The Kier molecular flexibility index (Phi) is 4.92. The summed E-state index contributed by atoms with van der Waals surface area (Å²) in [7, 11) is 0. The first-order chi connectivity index (χ1) is 9.08. The molecular formula is C16H23F2N. The van der Waals surface area contributed by atoms with Gasteiger partial charge in [-0.3, -0.25) is 0 Å². The number of rotatable bonds is 4. The summed E-state index contributed by atoms with van der Waals surface area (Å²) in [6, 6.07) is 4.20. The Morgan fingerprint density at radius 3 is 2.63 bits per heavy atom. The Bertz CT molecular complexity index is 419. The molecule has 0 aliphatic heterocycles. The average molecular weight is 267 g/mol. The van der Waals surface area contributed by atoms with Gasteiger partial charge in [0.2, 0.25) is 0 Å². The Hall–Kier alpha value is -0.960. The SMILES string of the molecule is CC(NCC1CCCCC1C)c1ccc(F)c(F)c1. The maximum Gasteiger partial charge on any atom is 0.159 e. The van der Waals surface area contributed by atoms with Crippen LogP contribution in [0.25, 0.3) is 0 Å². The molecule has 1 fully saturated rings. The first kappa shape index (κ1) is 14.4. The highest BCUT2D eigenvalue weighted by Crippen LogP contribution is 2.29. The van der Waals surface area contributed by atoms with Crippen molar-refractivity contribution in [1.82, 2.24) is 5.32 Å². The third-order valence-electron chi connectivity index (χ3n) is 4.42. The van der Waals surface area contributed by atoms with Crippen molar-refractivity contribution < 1.29 is 8.78 Å². The maximum atomic E-state index is 13.2. The Morgan fingerprint density at radius 2 is 1.95 bits per heavy atom. The maximum absolute atomic E-state index is 13.2. The molecule has 1 aliphatic rings. The lowest BCUT2D eigenvalue weighted by molar-refractivity contribution is 0.242. The molecule has 19 heavy (non-hydrogen) atoms. The van der Waals surface area contributed by atoms with Gasteiger partial charge in [-0.15, -0.1) is 0 Å². The van der Waals surface area contributed by atoms with Gasteiger partial charge in [-0.25, -0.2) is 8.78 Å². The monoisotopic (exact) mass is 267 g/mol. The highest BCUT2D eigenvalue weighted by molar-refractivity contribution is 5.20. The standard InChI is InChI=1S/C16H23F2N/c1-11-5-3-4-6-14(11)10-19-12(2)13-7-8-15(17)16(18)9-13/h7-9,11-12,14,19H,3-6,10H2,1-2H3. The molecule has 3 unspecified atom stereocenters. The molecule has 1 nitrogen and oxygen atoms in total. The zero-order chi connectivity index (χ0) is 13.8. The van der Waals surface area contributed by atoms with Crippen LogP contribution < -0.4 is 5.32 Å². The molecular weight excluding hydrogens is 244 g/mol. The van der Waals surface area contributed by atoms with Gasteiger partial charge in [0.15, 0.2) is 11.6 Å². The van der Waals surface area contributed by atoms with Crippen LogP contribution in [0.15, 0.2) is 18.2 Å². The van der Waals surface area contributed by atoms with Gasteiger partial charge in [0.05, 0.1) is 0 Å². The molecule has 1 saturated carbocycles. The molecule has 0 amide bonds. The van der Waals surface area contributed by atoms with E-state index in [9.17, 15) is 8.78 Å². The van der Waals surface area contributed by atoms with Crippen molar-refractivity contribution in [2.45, 2.75) is 45.6 Å². The third-order valence-corrected chi connectivity index (χ3v) is 4.42. The van der Waals surface area contributed by atoms with Gasteiger partial charge >= 0.3 is 0 Å². The minimum atomic E-state index is -0.781. The predicted molar refractivity (Wildman–Crippen MR) is 73.9 cm³/mol. The third kappa shape index (κ3) is 3.75. The smallest absolute Gasteiger partial charge is 0.159 e. The van der Waals surface area contributed by atoms with Crippen LogP contribution in [0.1, 0.15) is 51.1 Å². The summed E-state index contributed by atoms with van der Waals surface area (Å²) >= 11 is 0. The number of hydrogen-bond acceptors (Lipinski definition) is 1. The molecule has 0 bridgehead atoms. The van der Waals surface area contributed by atoms with Crippen LogP contribution in [0.2, 0.25) is 0 Å². The van der Waals surface area contributed by atoms with E-state index in [-0.39, 0.29) is 6.04 Å². The van der Waals surface area contributed by atoms with E-state index in [1.807, 2.05) is 6.92 Å². The zero-order valence-electron chi connectivity index (χ0n) is 11.8. The average Bonchev–Trinajstić information content (AvgIpc) is 2.40. The zero-order valence-corrected chi connectivity index (χ0v) is 11.8. The molecule has 0 spiro atoms. The van der Waals surface area contributed by atoms with Gasteiger partial charge < -0.3 is 5.32 Å². The number of halogens is 2. The summed E-state index contributed by atoms with van der Waals surface area (Å²) in [5.41, 5.74) is 0.808. The molecule has 0 radical (unpaired) electrons. The molecule has 106 valence electrons. The Balaban J connectivity index is 1.89. The molecule has 1 aromatic rings. The topological polar surface area (TPSA) is 12.0 Å². The molecule has 1 aliphatic carbocycles. The van der Waals surface area contributed by atoms with Crippen LogP contribution in [0.5, 0.6) is 0 Å². The normalized spacial score (nSPS) is 25.3. The van der Waals surface area contributed by atoms with Crippen molar-refractivity contribution in [1.29, 1.82) is 0 Å². The van der Waals surface area contributed by atoms with E-state index in [2.05, 4.69) is 12.2 Å². The van der Waals surface area contributed by atoms with Gasteiger partial charge in [0.1, 0.15) is 0 Å². The van der Waals surface area contributed by atoms with E-state index >= 15 is 0 Å². The largest absolute Gasteiger partial charge is 0.310 e. The van der Waals surface area contributed by atoms with Gasteiger partial charge in [-0.2, -0.15) is 0 Å². The van der Waals surface area contributed by atoms with Gasteiger partial charge in [0.25, 0.3) is 0 Å². The lowest BCUT2D eigenvalue weighted by Gasteiger charge is -2.30. The molecule has 0 heterocycles. The summed E-state index contributed by atoms with van der Waals surface area (Å²) in [4.78, 5) is 0. The van der Waals surface area contributed by atoms with Crippen LogP contribution in [0.4, 0.5) is 8.78 Å². The summed E-state index contributed by atoms with van der Waals surface area (Å²) in [5.74, 6) is -0.0751. The van der Waals surface area contributed by atoms with Crippen molar-refractivity contribution >= 4 is 0 Å². The van der Waals surface area contributed by atoms with Crippen molar-refractivity contribution in [2.24, 2.45) is 11.8 Å². The van der Waals surface area contributed by atoms with Crippen molar-refractivity contribution in [2.75, 3.05) is 6.54 Å². The first-order valence-electron chi connectivity index (χ1n) is 7.26. The number of hydrogen-bond donors (Lipinski definition) is 1. The first-order valence-corrected chi connectivity index (χ1v) is 7.26. The summed E-state index contributed by atoms with van der Waals surface area (Å²) in [6.45, 7) is 5.27. The minimum absolute atomic E-state index is 0.0595. The van der Waals surface area contributed by atoms with Gasteiger partial charge in [0, 0.05) is 6.04 Å². The Morgan fingerprint density at radius 1 is 1.21 bits per heavy atom. The molecule has 1 aromatic carbocycles. The molecule has 2 rings (SSSR count). The van der Waals surface area contributed by atoms with Crippen molar-refractivity contribution in [3.05, 3.63) is 35.4 Å². The lowest BCUT2D eigenvalue weighted by atomic mass is 9.80. The van der Waals surface area contributed by atoms with E-state index in [1.165, 1.54) is 37.8 Å². The second-order valence-corrected chi connectivity index (χ2v) is 5.83. The van der Waals surface area contributed by atoms with Crippen LogP contribution in [0, 0.1) is 23.5 Å². The molecule has 3 heteroatoms. The highest BCUT2D eigenvalue weighted by Gasteiger charge is 2.21. The minimum Gasteiger partial charge on any atom is -0.310 e. The van der Waals surface area contributed by atoms with Crippen LogP contribution in [-0.4, -0.2) is 6.54 Å². The van der Waals surface area contributed by atoms with E-state index in [4.69, 9.17) is 0 Å². The summed E-state index contributed by atoms with van der Waals surface area (Å²) in [5, 5.41) is 3.46. The van der Waals surface area contributed by atoms with Gasteiger partial charge in [-0.1, -0.05) is 32.3 Å². The number of benzene rings is 1. The molecule has 0 aromatic heterocycles. The van der Waals surface area contributed by atoms with E-state index in [0.29, 0.717) is 5.92 Å². The van der Waals surface area contributed by atoms with Crippen LogP contribution in [0.3, 0.4) is 0 Å². The fourth-order valence-electron chi connectivity index (χ4n) is 2.92. The van der Waals surface area contributed by atoms with Gasteiger partial charge in [-0.05, 0) is 49.4 Å². The van der Waals surface area contributed by atoms with E-state index in [1.54, 1.807) is 6.07 Å². The van der Waals surface area contributed by atoms with E-state index < -0.39 is 11.6 Å². The Labute approximate surface area is 114 Å². The fourth-order valence-corrected chi connectivity index (χ4v) is 2.92.